The number of anilines is 1. The summed E-state index contributed by atoms with van der Waals surface area (Å²) in [6, 6.07) is 3.60. The summed E-state index contributed by atoms with van der Waals surface area (Å²) in [6.07, 6.45) is -2.03. The van der Waals surface area contributed by atoms with Crippen LogP contribution >= 0.6 is 0 Å². The molecule has 0 radical (unpaired) electrons. The third kappa shape index (κ3) is 3.23. The number of carbonyl (C=O) groups excluding carboxylic acids is 3. The highest BCUT2D eigenvalue weighted by Crippen LogP contribution is 2.54. The molecular weight excluding hydrogens is 518 g/mol. The fourth-order valence-electron chi connectivity index (χ4n) is 5.27. The number of benzene rings is 2. The molecule has 200 valence electrons. The quantitative estimate of drug-likeness (QED) is 0.181. The summed E-state index contributed by atoms with van der Waals surface area (Å²) in [5.74, 6) is -7.45. The molecule has 3 heterocycles. The zero-order valence-corrected chi connectivity index (χ0v) is 20.3. The Bertz CT molecular complexity index is 1770. The molecule has 0 fully saturated rings. The Kier molecular flexibility index (Phi) is 4.97. The van der Waals surface area contributed by atoms with Crippen molar-refractivity contribution in [3.63, 3.8) is 0 Å². The summed E-state index contributed by atoms with van der Waals surface area (Å²) in [5, 5.41) is 45.4. The number of fused-ring (bicyclic) bond motifs is 3. The average Bonchev–Trinajstić information content (AvgIpc) is 3.27. The van der Waals surface area contributed by atoms with Crippen LogP contribution in [0.5, 0.6) is 23.0 Å². The fourth-order valence-corrected chi connectivity index (χ4v) is 5.27. The number of ether oxygens (including phenoxy) is 3. The highest BCUT2D eigenvalue weighted by atomic mass is 16.7. The van der Waals surface area contributed by atoms with Crippen molar-refractivity contribution in [2.75, 3.05) is 19.5 Å². The van der Waals surface area contributed by atoms with Crippen molar-refractivity contribution >= 4 is 34.0 Å². The van der Waals surface area contributed by atoms with Crippen molar-refractivity contribution in [2.24, 2.45) is 0 Å². The van der Waals surface area contributed by atoms with Crippen molar-refractivity contribution < 1.29 is 53.4 Å². The predicted octanol–water partition coefficient (Wildman–Crippen LogP) is 2.00. The van der Waals surface area contributed by atoms with E-state index in [-0.39, 0.29) is 46.2 Å². The molecule has 0 bridgehead atoms. The van der Waals surface area contributed by atoms with E-state index in [0.29, 0.717) is 0 Å². The van der Waals surface area contributed by atoms with Gasteiger partial charge in [-0.15, -0.1) is 0 Å². The molecule has 13 nitrogen and oxygen atoms in total. The summed E-state index contributed by atoms with van der Waals surface area (Å²) >= 11 is 0. The van der Waals surface area contributed by atoms with Gasteiger partial charge in [0.2, 0.25) is 11.5 Å². The van der Waals surface area contributed by atoms with Gasteiger partial charge in [0.05, 0.1) is 48.4 Å². The molecule has 3 aromatic rings. The van der Waals surface area contributed by atoms with Crippen LogP contribution in [0.1, 0.15) is 55.8 Å². The van der Waals surface area contributed by atoms with Gasteiger partial charge in [-0.1, -0.05) is 0 Å². The number of esters is 1. The smallest absolute Gasteiger partial charge is 0.374 e. The van der Waals surface area contributed by atoms with Crippen LogP contribution in [0.15, 0.2) is 38.7 Å². The number of hydrogen-bond acceptors (Lipinski definition) is 13. The van der Waals surface area contributed by atoms with Crippen LogP contribution in [-0.2, 0) is 9.47 Å². The summed E-state index contributed by atoms with van der Waals surface area (Å²) in [4.78, 5) is 51.1. The number of Topliss-reactive ketones (excluding diaryl/α,β-unsaturated/α-hetero) is 2. The lowest BCUT2D eigenvalue weighted by molar-refractivity contribution is -0.170. The Morgan fingerprint density at radius 1 is 1.05 bits per heavy atom. The van der Waals surface area contributed by atoms with E-state index in [2.05, 4.69) is 10.1 Å². The molecule has 2 atom stereocenters. The van der Waals surface area contributed by atoms with E-state index in [1.54, 1.807) is 0 Å². The molecule has 1 spiro atoms. The largest absolute Gasteiger partial charge is 0.507 e. The first-order valence-electron chi connectivity index (χ1n) is 11.6. The molecule has 0 saturated carbocycles. The number of phenols is 3. The molecule has 2 unspecified atom stereocenters. The average molecular weight is 537 g/mol. The molecule has 1 aromatic heterocycles. The lowest BCUT2D eigenvalue weighted by Gasteiger charge is -2.37. The van der Waals surface area contributed by atoms with Crippen LogP contribution in [0.2, 0.25) is 0 Å². The van der Waals surface area contributed by atoms with Crippen molar-refractivity contribution in [1.82, 2.24) is 0 Å². The number of carbonyl (C=O) groups is 3. The first-order chi connectivity index (χ1) is 18.5. The highest BCUT2D eigenvalue weighted by molar-refractivity contribution is 6.29. The molecule has 2 aliphatic heterocycles. The summed E-state index contributed by atoms with van der Waals surface area (Å²) in [5.41, 5.74) is -2.03. The molecule has 6 rings (SSSR count). The highest BCUT2D eigenvalue weighted by Gasteiger charge is 2.55. The van der Waals surface area contributed by atoms with Gasteiger partial charge in [-0.2, -0.15) is 0 Å². The number of methoxy groups -OCH3 is 1. The van der Waals surface area contributed by atoms with E-state index in [0.717, 1.165) is 13.2 Å². The second-order valence-corrected chi connectivity index (χ2v) is 9.27. The van der Waals surface area contributed by atoms with Crippen molar-refractivity contribution in [2.45, 2.75) is 24.7 Å². The maximum Gasteiger partial charge on any atom is 0.374 e. The standard InChI is InChI=1S/C26H19NO12/c1-27-11-5-12(28)16-17(19(11)31)21(33)23-10(18(16)30)6-26(39-23)7-13(29)9-3-8-4-14(24(34)36-2)37-25(35)15(8)20(32)22(9)38-26/h3-5,13,27-29,31-32H,6-7H2,1-2H3. The summed E-state index contributed by atoms with van der Waals surface area (Å²) < 4.78 is 21.3. The van der Waals surface area contributed by atoms with Crippen LogP contribution in [0.25, 0.3) is 10.8 Å². The summed E-state index contributed by atoms with van der Waals surface area (Å²) in [7, 11) is 2.54. The van der Waals surface area contributed by atoms with Crippen LogP contribution in [-0.4, -0.2) is 57.9 Å². The molecule has 13 heteroatoms. The number of aliphatic hydroxyl groups excluding tert-OH is 1. The number of allylic oxidation sites excluding steroid dienone is 1. The van der Waals surface area contributed by atoms with E-state index >= 15 is 0 Å². The number of hydrogen-bond donors (Lipinski definition) is 5. The van der Waals surface area contributed by atoms with Crippen LogP contribution in [0.3, 0.4) is 0 Å². The minimum atomic E-state index is -1.85. The number of nitrogens with one attached hydrogen (secondary N) is 1. The number of aliphatic hydroxyl groups is 1. The van der Waals surface area contributed by atoms with Gasteiger partial charge in [0.25, 0.3) is 5.79 Å². The number of phenolic OH excluding ortho intramolecular Hbond substituents is 3. The molecule has 0 saturated heterocycles. The molecule has 0 amide bonds. The molecule has 1 aliphatic carbocycles. The zero-order valence-electron chi connectivity index (χ0n) is 20.3. The maximum absolute atomic E-state index is 13.3. The van der Waals surface area contributed by atoms with E-state index in [4.69, 9.17) is 13.9 Å². The number of rotatable bonds is 2. The molecule has 5 N–H and O–H groups in total. The fraction of sp³-hybridized carbons (Fsp3) is 0.231. The van der Waals surface area contributed by atoms with Gasteiger partial charge in [0.1, 0.15) is 11.1 Å². The number of aromatic hydroxyl groups is 3. The van der Waals surface area contributed by atoms with Crippen molar-refractivity contribution in [3.8, 4) is 23.0 Å². The Morgan fingerprint density at radius 3 is 2.49 bits per heavy atom. The van der Waals surface area contributed by atoms with Crippen LogP contribution in [0, 0.1) is 0 Å². The third-order valence-electron chi connectivity index (χ3n) is 7.04. The van der Waals surface area contributed by atoms with Gasteiger partial charge in [-0.25, -0.2) is 9.59 Å². The predicted molar refractivity (Wildman–Crippen MR) is 129 cm³/mol. The minimum absolute atomic E-state index is 0.00779. The topological polar surface area (TPSA) is 202 Å². The SMILES string of the molecule is CNc1cc(O)c2c(c1O)C(=O)C1=C(CC3(CC(O)c4cc5cc(C(=O)OC)oc(=O)c5c(O)c4O3)O1)C2=O. The zero-order chi connectivity index (χ0) is 28.0. The van der Waals surface area contributed by atoms with Crippen LogP contribution < -0.4 is 15.7 Å². The summed E-state index contributed by atoms with van der Waals surface area (Å²) in [6.45, 7) is 0. The second kappa shape index (κ2) is 7.98. The Labute approximate surface area is 217 Å². The second-order valence-electron chi connectivity index (χ2n) is 9.27. The lowest BCUT2D eigenvalue weighted by Crippen LogP contribution is -2.41. The van der Waals surface area contributed by atoms with Crippen molar-refractivity contribution in [3.05, 3.63) is 62.4 Å². The Morgan fingerprint density at radius 2 is 1.79 bits per heavy atom. The van der Waals surface area contributed by atoms with Crippen molar-refractivity contribution in [1.29, 1.82) is 0 Å². The first kappa shape index (κ1) is 24.3. The number of ketones is 2. The normalized spacial score (nSPS) is 21.3. The lowest BCUT2D eigenvalue weighted by atomic mass is 9.84. The maximum atomic E-state index is 13.3. The van der Waals surface area contributed by atoms with Gasteiger partial charge in [-0.05, 0) is 17.5 Å². The van der Waals surface area contributed by atoms with Gasteiger partial charge >= 0.3 is 11.6 Å². The van der Waals surface area contributed by atoms with Gasteiger partial charge in [0, 0.05) is 18.7 Å². The van der Waals surface area contributed by atoms with E-state index in [1.165, 1.54) is 19.2 Å². The monoisotopic (exact) mass is 537 g/mol. The van der Waals surface area contributed by atoms with E-state index in [9.17, 15) is 39.6 Å². The van der Waals surface area contributed by atoms with Gasteiger partial charge < -0.3 is 44.4 Å². The van der Waals surface area contributed by atoms with Gasteiger partial charge in [-0.3, -0.25) is 9.59 Å². The molecule has 39 heavy (non-hydrogen) atoms. The van der Waals surface area contributed by atoms with E-state index < -0.39 is 74.9 Å². The van der Waals surface area contributed by atoms with Gasteiger partial charge in [0.15, 0.2) is 28.8 Å². The van der Waals surface area contributed by atoms with E-state index in [1.807, 2.05) is 0 Å². The molecular formula is C26H19NO12. The molecule has 2 aromatic carbocycles. The third-order valence-corrected chi connectivity index (χ3v) is 7.04. The van der Waals surface area contributed by atoms with Crippen LogP contribution in [0.4, 0.5) is 5.69 Å². The minimum Gasteiger partial charge on any atom is -0.507 e. The molecule has 3 aliphatic rings. The first-order valence-corrected chi connectivity index (χ1v) is 11.6. The Hall–Kier alpha value is -5.04. The Balaban J connectivity index is 1.43.